The van der Waals surface area contributed by atoms with E-state index in [9.17, 15) is 14.4 Å². The van der Waals surface area contributed by atoms with Gasteiger partial charge in [0.1, 0.15) is 6.04 Å². The molecule has 152 valence electrons. The third-order valence-corrected chi connectivity index (χ3v) is 3.50. The molecule has 26 heavy (non-hydrogen) atoms. The SMILES string of the molecule is CCOC(=O)CCNCCCCC(NCCC(=O)OCC)C(=O)OCC. The molecule has 0 aromatic carbocycles. The number of carbonyl (C=O) groups excluding carboxylic acids is 3. The largest absolute Gasteiger partial charge is 0.466 e. The van der Waals surface area contributed by atoms with Crippen LogP contribution in [0, 0.1) is 0 Å². The number of hydrogen-bond donors (Lipinski definition) is 2. The Balaban J connectivity index is 3.95. The maximum absolute atomic E-state index is 12.0. The molecule has 0 aliphatic rings. The molecule has 1 unspecified atom stereocenters. The van der Waals surface area contributed by atoms with Crippen molar-refractivity contribution >= 4 is 17.9 Å². The average Bonchev–Trinajstić information content (AvgIpc) is 2.60. The highest BCUT2D eigenvalue weighted by Gasteiger charge is 2.19. The zero-order valence-corrected chi connectivity index (χ0v) is 16.3. The Morgan fingerprint density at radius 3 is 1.92 bits per heavy atom. The summed E-state index contributed by atoms with van der Waals surface area (Å²) in [5, 5.41) is 6.24. The Morgan fingerprint density at radius 2 is 1.35 bits per heavy atom. The molecule has 1 atom stereocenters. The van der Waals surface area contributed by atoms with E-state index in [4.69, 9.17) is 14.2 Å². The van der Waals surface area contributed by atoms with Crippen LogP contribution in [0.5, 0.6) is 0 Å². The number of unbranched alkanes of at least 4 members (excludes halogenated alkanes) is 1. The van der Waals surface area contributed by atoms with Gasteiger partial charge in [-0.05, 0) is 40.2 Å². The van der Waals surface area contributed by atoms with Gasteiger partial charge in [-0.15, -0.1) is 0 Å². The van der Waals surface area contributed by atoms with Crippen LogP contribution in [0.4, 0.5) is 0 Å². The highest BCUT2D eigenvalue weighted by molar-refractivity contribution is 5.76. The second kappa shape index (κ2) is 16.8. The van der Waals surface area contributed by atoms with E-state index in [1.165, 1.54) is 0 Å². The van der Waals surface area contributed by atoms with Gasteiger partial charge in [0.15, 0.2) is 0 Å². The zero-order chi connectivity index (χ0) is 19.6. The Kier molecular flexibility index (Phi) is 15.7. The Hall–Kier alpha value is -1.67. The highest BCUT2D eigenvalue weighted by atomic mass is 16.5. The summed E-state index contributed by atoms with van der Waals surface area (Å²) in [5.74, 6) is -0.784. The summed E-state index contributed by atoms with van der Waals surface area (Å²) in [6.45, 7) is 8.10. The molecule has 2 N–H and O–H groups in total. The number of ether oxygens (including phenoxy) is 3. The third kappa shape index (κ3) is 13.6. The number of carbonyl (C=O) groups is 3. The van der Waals surface area contributed by atoms with Crippen molar-refractivity contribution in [2.45, 2.75) is 58.9 Å². The van der Waals surface area contributed by atoms with E-state index in [1.807, 2.05) is 0 Å². The topological polar surface area (TPSA) is 103 Å². The fourth-order valence-electron chi connectivity index (χ4n) is 2.27. The molecule has 0 rings (SSSR count). The fraction of sp³-hybridized carbons (Fsp3) is 0.833. The number of esters is 3. The van der Waals surface area contributed by atoms with Gasteiger partial charge in [0.25, 0.3) is 0 Å². The van der Waals surface area contributed by atoms with Crippen molar-refractivity contribution in [3.8, 4) is 0 Å². The molecule has 0 amide bonds. The quantitative estimate of drug-likeness (QED) is 0.236. The predicted molar refractivity (Wildman–Crippen MR) is 97.6 cm³/mol. The molecule has 0 radical (unpaired) electrons. The van der Waals surface area contributed by atoms with Crippen LogP contribution in [0.15, 0.2) is 0 Å². The lowest BCUT2D eigenvalue weighted by atomic mass is 10.1. The monoisotopic (exact) mass is 374 g/mol. The molecular weight excluding hydrogens is 340 g/mol. The van der Waals surface area contributed by atoms with Crippen molar-refractivity contribution in [3.63, 3.8) is 0 Å². The second-order valence-corrected chi connectivity index (χ2v) is 5.61. The number of hydrogen-bond acceptors (Lipinski definition) is 8. The van der Waals surface area contributed by atoms with Crippen LogP contribution in [-0.4, -0.2) is 63.4 Å². The Bertz CT molecular complexity index is 403. The van der Waals surface area contributed by atoms with Gasteiger partial charge in [-0.2, -0.15) is 0 Å². The molecular formula is C18H34N2O6. The first kappa shape index (κ1) is 24.3. The lowest BCUT2D eigenvalue weighted by Crippen LogP contribution is -2.39. The third-order valence-electron chi connectivity index (χ3n) is 3.50. The molecule has 0 spiro atoms. The molecule has 0 bridgehead atoms. The van der Waals surface area contributed by atoms with Crippen LogP contribution in [0.2, 0.25) is 0 Å². The van der Waals surface area contributed by atoms with Gasteiger partial charge in [0.2, 0.25) is 0 Å². The smallest absolute Gasteiger partial charge is 0.323 e. The molecule has 0 saturated carbocycles. The molecule has 0 saturated heterocycles. The second-order valence-electron chi connectivity index (χ2n) is 5.61. The van der Waals surface area contributed by atoms with Crippen LogP contribution in [0.25, 0.3) is 0 Å². The van der Waals surface area contributed by atoms with E-state index in [0.29, 0.717) is 45.8 Å². The molecule has 8 heteroatoms. The van der Waals surface area contributed by atoms with Crippen molar-refractivity contribution in [1.29, 1.82) is 0 Å². The lowest BCUT2D eigenvalue weighted by Gasteiger charge is -2.17. The molecule has 0 aromatic heterocycles. The van der Waals surface area contributed by atoms with E-state index in [0.717, 1.165) is 19.4 Å². The van der Waals surface area contributed by atoms with E-state index in [-0.39, 0.29) is 24.3 Å². The van der Waals surface area contributed by atoms with E-state index in [1.54, 1.807) is 20.8 Å². The minimum Gasteiger partial charge on any atom is -0.466 e. The van der Waals surface area contributed by atoms with Gasteiger partial charge in [-0.3, -0.25) is 14.4 Å². The van der Waals surface area contributed by atoms with Gasteiger partial charge in [0.05, 0.1) is 32.7 Å². The zero-order valence-electron chi connectivity index (χ0n) is 16.3. The maximum atomic E-state index is 12.0. The van der Waals surface area contributed by atoms with Crippen molar-refractivity contribution < 1.29 is 28.6 Å². The van der Waals surface area contributed by atoms with Gasteiger partial charge < -0.3 is 24.8 Å². The molecule has 0 aromatic rings. The summed E-state index contributed by atoms with van der Waals surface area (Å²) in [6, 6.07) is -0.427. The van der Waals surface area contributed by atoms with Gasteiger partial charge in [0, 0.05) is 13.1 Å². The molecule has 0 heterocycles. The minimum absolute atomic E-state index is 0.201. The van der Waals surface area contributed by atoms with Crippen molar-refractivity contribution in [1.82, 2.24) is 10.6 Å². The van der Waals surface area contributed by atoms with E-state index in [2.05, 4.69) is 10.6 Å². The molecule has 0 fully saturated rings. The summed E-state index contributed by atoms with van der Waals surface area (Å²) in [5.41, 5.74) is 0. The lowest BCUT2D eigenvalue weighted by molar-refractivity contribution is -0.147. The van der Waals surface area contributed by atoms with Gasteiger partial charge in [-0.25, -0.2) is 0 Å². The number of nitrogens with one attached hydrogen (secondary N) is 2. The Morgan fingerprint density at radius 1 is 0.769 bits per heavy atom. The van der Waals surface area contributed by atoms with Crippen molar-refractivity contribution in [3.05, 3.63) is 0 Å². The van der Waals surface area contributed by atoms with Crippen LogP contribution < -0.4 is 10.6 Å². The predicted octanol–water partition coefficient (Wildman–Crippen LogP) is 1.17. The standard InChI is InChI=1S/C18H34N2O6/c1-4-24-16(21)10-13-19-12-8-7-9-15(18(23)26-6-3)20-14-11-17(22)25-5-2/h15,19-20H,4-14H2,1-3H3. The van der Waals surface area contributed by atoms with E-state index >= 15 is 0 Å². The Labute approximate surface area is 156 Å². The fourth-order valence-corrected chi connectivity index (χ4v) is 2.27. The van der Waals surface area contributed by atoms with E-state index < -0.39 is 6.04 Å². The van der Waals surface area contributed by atoms with Crippen LogP contribution in [0.3, 0.4) is 0 Å². The maximum Gasteiger partial charge on any atom is 0.323 e. The molecule has 0 aliphatic heterocycles. The number of rotatable bonds is 16. The molecule has 8 nitrogen and oxygen atoms in total. The highest BCUT2D eigenvalue weighted by Crippen LogP contribution is 2.04. The first-order valence-electron chi connectivity index (χ1n) is 9.47. The summed E-state index contributed by atoms with van der Waals surface area (Å²) in [7, 11) is 0. The van der Waals surface area contributed by atoms with Crippen LogP contribution >= 0.6 is 0 Å². The first-order chi connectivity index (χ1) is 12.5. The minimum atomic E-state index is -0.427. The van der Waals surface area contributed by atoms with Gasteiger partial charge in [-0.1, -0.05) is 6.42 Å². The van der Waals surface area contributed by atoms with Crippen LogP contribution in [0.1, 0.15) is 52.9 Å². The van der Waals surface area contributed by atoms with Gasteiger partial charge >= 0.3 is 17.9 Å². The van der Waals surface area contributed by atoms with Crippen molar-refractivity contribution in [2.24, 2.45) is 0 Å². The normalized spacial score (nSPS) is 11.7. The van der Waals surface area contributed by atoms with Crippen LogP contribution in [-0.2, 0) is 28.6 Å². The van der Waals surface area contributed by atoms with Crippen molar-refractivity contribution in [2.75, 3.05) is 39.5 Å². The summed E-state index contributed by atoms with van der Waals surface area (Å²) in [6.07, 6.45) is 2.90. The summed E-state index contributed by atoms with van der Waals surface area (Å²) in [4.78, 5) is 34.5. The molecule has 0 aliphatic carbocycles. The summed E-state index contributed by atoms with van der Waals surface area (Å²) < 4.78 is 14.8. The summed E-state index contributed by atoms with van der Waals surface area (Å²) >= 11 is 0. The average molecular weight is 374 g/mol. The first-order valence-corrected chi connectivity index (χ1v) is 9.47.